The van der Waals surface area contributed by atoms with Gasteiger partial charge in [-0.15, -0.1) is 0 Å². The van der Waals surface area contributed by atoms with E-state index in [4.69, 9.17) is 0 Å². The molecule has 6 rings (SSSR count). The fourth-order valence-corrected chi connectivity index (χ4v) is 6.93. The lowest BCUT2D eigenvalue weighted by Crippen LogP contribution is -2.10. The van der Waals surface area contributed by atoms with E-state index in [1.807, 2.05) is 18.2 Å². The van der Waals surface area contributed by atoms with Crippen molar-refractivity contribution in [1.29, 1.82) is 0 Å². The van der Waals surface area contributed by atoms with E-state index in [0.29, 0.717) is 0 Å². The Morgan fingerprint density at radius 3 is 1.75 bits per heavy atom. The number of rotatable bonds is 19. The van der Waals surface area contributed by atoms with Crippen molar-refractivity contribution < 1.29 is 0 Å². The monoisotopic (exact) mass is 792 g/mol. The Balaban J connectivity index is 1.14. The van der Waals surface area contributed by atoms with Crippen LogP contribution in [0.5, 0.6) is 0 Å². The van der Waals surface area contributed by atoms with E-state index >= 15 is 0 Å². The first kappa shape index (κ1) is 43.2. The fourth-order valence-electron chi connectivity index (χ4n) is 6.93. The van der Waals surface area contributed by atoms with Crippen LogP contribution in [0.25, 0.3) is 33.0 Å². The second-order valence-electron chi connectivity index (χ2n) is 14.8. The highest BCUT2D eigenvalue weighted by atomic mass is 15.1. The summed E-state index contributed by atoms with van der Waals surface area (Å²) in [5, 5.41) is 6.02. The Morgan fingerprint density at radius 1 is 0.574 bits per heavy atom. The van der Waals surface area contributed by atoms with Crippen molar-refractivity contribution in [2.75, 3.05) is 16.8 Å². The highest BCUT2D eigenvalue weighted by Gasteiger charge is 2.11. The van der Waals surface area contributed by atoms with Crippen LogP contribution in [-0.4, -0.2) is 6.54 Å². The number of anilines is 3. The van der Waals surface area contributed by atoms with Crippen LogP contribution in [-0.2, 0) is 0 Å². The van der Waals surface area contributed by atoms with Crippen molar-refractivity contribution in [2.24, 2.45) is 0 Å². The van der Waals surface area contributed by atoms with Gasteiger partial charge in [0.2, 0.25) is 0 Å². The molecule has 0 heterocycles. The SMILES string of the molecule is C=C/C=C\C(=C\N(c1ccc(-c2ccccc2)cc1)c1ccc(-c2ccccc2)cc1)C(=C)/C=C\C(=C)/C(=C/C=C(\C)C/C=C\C=C/CNc1cccc2ccccc12)CC. The molecule has 61 heavy (non-hydrogen) atoms. The summed E-state index contributed by atoms with van der Waals surface area (Å²) >= 11 is 0. The molecule has 0 radical (unpaired) electrons. The maximum Gasteiger partial charge on any atom is 0.0456 e. The van der Waals surface area contributed by atoms with Crippen LogP contribution in [0.1, 0.15) is 26.7 Å². The zero-order valence-electron chi connectivity index (χ0n) is 35.6. The van der Waals surface area contributed by atoms with Crippen LogP contribution in [0.15, 0.2) is 272 Å². The molecule has 0 aliphatic heterocycles. The Morgan fingerprint density at radius 2 is 1.13 bits per heavy atom. The van der Waals surface area contributed by atoms with E-state index in [1.165, 1.54) is 44.2 Å². The van der Waals surface area contributed by atoms with Crippen LogP contribution < -0.4 is 10.2 Å². The fraction of sp³-hybridized carbons (Fsp3) is 0.0847. The molecule has 2 nitrogen and oxygen atoms in total. The van der Waals surface area contributed by atoms with Crippen molar-refractivity contribution in [3.63, 3.8) is 0 Å². The zero-order chi connectivity index (χ0) is 42.7. The lowest BCUT2D eigenvalue weighted by atomic mass is 10.0. The van der Waals surface area contributed by atoms with E-state index in [9.17, 15) is 0 Å². The maximum atomic E-state index is 4.52. The minimum atomic E-state index is 0.768. The quantitative estimate of drug-likeness (QED) is 0.0822. The Labute approximate surface area is 364 Å². The van der Waals surface area contributed by atoms with Crippen molar-refractivity contribution in [1.82, 2.24) is 0 Å². The first-order chi connectivity index (χ1) is 29.9. The number of hydrogen-bond donors (Lipinski definition) is 1. The third-order valence-electron chi connectivity index (χ3n) is 10.4. The van der Waals surface area contributed by atoms with Gasteiger partial charge in [-0.05, 0) is 100 Å². The van der Waals surface area contributed by atoms with Gasteiger partial charge < -0.3 is 10.2 Å². The summed E-state index contributed by atoms with van der Waals surface area (Å²) in [6.45, 7) is 18.0. The molecule has 0 aliphatic carbocycles. The maximum absolute atomic E-state index is 4.52. The molecule has 1 N–H and O–H groups in total. The van der Waals surface area contributed by atoms with Gasteiger partial charge in [0.15, 0.2) is 0 Å². The molecule has 6 aromatic rings. The van der Waals surface area contributed by atoms with Crippen molar-refractivity contribution in [3.8, 4) is 22.3 Å². The summed E-state index contributed by atoms with van der Waals surface area (Å²) in [5.74, 6) is 0. The number of benzene rings is 6. The number of allylic oxidation sites excluding steroid dienone is 15. The van der Waals surface area contributed by atoms with Gasteiger partial charge in [-0.2, -0.15) is 0 Å². The second kappa shape index (κ2) is 22.7. The average Bonchev–Trinajstić information content (AvgIpc) is 3.31. The van der Waals surface area contributed by atoms with E-state index in [0.717, 1.165) is 53.2 Å². The molecule has 0 fully saturated rings. The van der Waals surface area contributed by atoms with Crippen LogP contribution in [0.4, 0.5) is 17.1 Å². The molecule has 6 aromatic carbocycles. The Hall–Kier alpha value is -7.42. The number of nitrogens with one attached hydrogen (secondary N) is 1. The molecular formula is C59H56N2. The van der Waals surface area contributed by atoms with Crippen LogP contribution >= 0.6 is 0 Å². The molecule has 0 amide bonds. The minimum Gasteiger partial charge on any atom is -0.381 e. The lowest BCUT2D eigenvalue weighted by molar-refractivity contribution is 1.12. The van der Waals surface area contributed by atoms with Gasteiger partial charge in [0, 0.05) is 35.2 Å². The summed E-state index contributed by atoms with van der Waals surface area (Å²) in [5.41, 5.74) is 13.2. The second-order valence-corrected chi connectivity index (χ2v) is 14.8. The normalized spacial score (nSPS) is 12.5. The number of fused-ring (bicyclic) bond motifs is 1. The standard InChI is InChI=1S/C59H56N2/c1-6-8-23-55(45-61(56-40-36-52(37-41-56)50-24-14-11-15-25-50)57-42-38-53(39-43-57)51-26-16-12-17-27-51)48(5)34-33-47(4)49(7-2)35-32-46(3)22-13-9-10-20-44-60-59-31-21-29-54-28-18-19-30-58(54)59/h6,8-21,23-43,45,60H,1,4-5,7,22,44H2,2-3H3/b13-9-,20-10-,23-8-,34-33-,46-32+,49-35+,55-45-. The first-order valence-corrected chi connectivity index (χ1v) is 21.0. The summed E-state index contributed by atoms with van der Waals surface area (Å²) in [6, 6.07) is 53.2. The smallest absolute Gasteiger partial charge is 0.0456 e. The van der Waals surface area contributed by atoms with E-state index in [1.54, 1.807) is 6.08 Å². The minimum absolute atomic E-state index is 0.768. The van der Waals surface area contributed by atoms with Crippen LogP contribution in [0, 0.1) is 0 Å². The molecule has 0 saturated heterocycles. The summed E-state index contributed by atoms with van der Waals surface area (Å²) in [7, 11) is 0. The molecule has 0 aromatic heterocycles. The Kier molecular flexibility index (Phi) is 16.0. The van der Waals surface area contributed by atoms with Crippen molar-refractivity contribution >= 4 is 27.8 Å². The molecule has 0 bridgehead atoms. The predicted molar refractivity (Wildman–Crippen MR) is 268 cm³/mol. The molecule has 0 unspecified atom stereocenters. The van der Waals surface area contributed by atoms with Crippen LogP contribution in [0.2, 0.25) is 0 Å². The molecule has 0 atom stereocenters. The first-order valence-electron chi connectivity index (χ1n) is 21.0. The lowest BCUT2D eigenvalue weighted by Gasteiger charge is -2.23. The van der Waals surface area contributed by atoms with Crippen LogP contribution in [0.3, 0.4) is 0 Å². The third-order valence-corrected chi connectivity index (χ3v) is 10.4. The summed E-state index contributed by atoms with van der Waals surface area (Å²) in [4.78, 5) is 2.22. The van der Waals surface area contributed by atoms with Gasteiger partial charge in [0.25, 0.3) is 0 Å². The Bertz CT molecular complexity index is 2520. The highest BCUT2D eigenvalue weighted by Crippen LogP contribution is 2.33. The van der Waals surface area contributed by atoms with Crippen molar-refractivity contribution in [3.05, 3.63) is 272 Å². The van der Waals surface area contributed by atoms with Gasteiger partial charge in [-0.25, -0.2) is 0 Å². The van der Waals surface area contributed by atoms with E-state index in [-0.39, 0.29) is 0 Å². The number of nitrogens with zero attached hydrogens (tertiary/aromatic N) is 1. The molecule has 2 heteroatoms. The summed E-state index contributed by atoms with van der Waals surface area (Å²) in [6.07, 6.45) is 26.8. The molecule has 0 saturated carbocycles. The van der Waals surface area contributed by atoms with E-state index in [2.05, 4.69) is 244 Å². The number of hydrogen-bond acceptors (Lipinski definition) is 2. The average molecular weight is 793 g/mol. The van der Waals surface area contributed by atoms with Crippen molar-refractivity contribution in [2.45, 2.75) is 26.7 Å². The highest BCUT2D eigenvalue weighted by molar-refractivity contribution is 5.93. The zero-order valence-corrected chi connectivity index (χ0v) is 35.6. The summed E-state index contributed by atoms with van der Waals surface area (Å²) < 4.78 is 0. The topological polar surface area (TPSA) is 15.3 Å². The van der Waals surface area contributed by atoms with E-state index < -0.39 is 0 Å². The van der Waals surface area contributed by atoms with Gasteiger partial charge in [0.1, 0.15) is 0 Å². The van der Waals surface area contributed by atoms with Gasteiger partial charge in [-0.3, -0.25) is 0 Å². The molecule has 0 aliphatic rings. The predicted octanol–water partition coefficient (Wildman–Crippen LogP) is 16.5. The van der Waals surface area contributed by atoms with Gasteiger partial charge >= 0.3 is 0 Å². The van der Waals surface area contributed by atoms with Gasteiger partial charge in [0.05, 0.1) is 0 Å². The largest absolute Gasteiger partial charge is 0.381 e. The molecular weight excluding hydrogens is 737 g/mol. The third kappa shape index (κ3) is 12.5. The molecule has 302 valence electrons. The molecule has 0 spiro atoms. The van der Waals surface area contributed by atoms with Gasteiger partial charge in [-0.1, -0.05) is 220 Å².